The van der Waals surface area contributed by atoms with Gasteiger partial charge in [-0.25, -0.2) is 4.79 Å². The highest BCUT2D eigenvalue weighted by molar-refractivity contribution is 6.74. The van der Waals surface area contributed by atoms with Crippen LogP contribution in [0.2, 0.25) is 18.1 Å². The average molecular weight is 491 g/mol. The molecule has 0 aliphatic heterocycles. The minimum Gasteiger partial charge on any atom is -0.444 e. The van der Waals surface area contributed by atoms with E-state index in [9.17, 15) is 22.8 Å². The van der Waals surface area contributed by atoms with Crippen LogP contribution in [0.25, 0.3) is 0 Å². The molecule has 0 radical (unpaired) electrons. The van der Waals surface area contributed by atoms with E-state index in [1.165, 1.54) is 12.1 Å². The van der Waals surface area contributed by atoms with Crippen molar-refractivity contribution in [1.29, 1.82) is 0 Å². The van der Waals surface area contributed by atoms with Crippen molar-refractivity contribution in [3.05, 3.63) is 35.4 Å². The molecule has 188 valence electrons. The highest BCUT2D eigenvalue weighted by atomic mass is 28.4. The molecule has 0 saturated carbocycles. The molecular formula is C23H37F3N2O4Si. The number of halogens is 3. The zero-order valence-corrected chi connectivity index (χ0v) is 21.7. The number of carbonyl (C=O) groups is 2. The van der Waals surface area contributed by atoms with Crippen molar-refractivity contribution in [1.82, 2.24) is 5.32 Å². The normalized spacial score (nSPS) is 15.0. The SMILES string of the molecule is CC(C)(C)OC(=O)NC(CCC(N)=O)[C@@H](O[Si](C)(C)C(C)(C)C)c1ccc(C(F)(F)F)cc1. The standard InChI is InChI=1S/C23H37F3N2O4Si/c1-21(2,3)31-20(30)28-17(13-14-18(27)29)19(32-33(7,8)22(4,5)6)15-9-11-16(12-10-15)23(24,25)26/h9-12,17,19H,13-14H2,1-8H3,(H2,27,29)(H,28,30)/t17?,19-/m0/s1. The number of carbonyl (C=O) groups excluding carboxylic acids is 2. The van der Waals surface area contributed by atoms with E-state index in [1.54, 1.807) is 20.8 Å². The number of amides is 2. The Morgan fingerprint density at radius 3 is 1.94 bits per heavy atom. The predicted octanol–water partition coefficient (Wildman–Crippen LogP) is 5.93. The Kier molecular flexibility index (Phi) is 9.18. The molecule has 1 aromatic rings. The van der Waals surface area contributed by atoms with Gasteiger partial charge in [-0.15, -0.1) is 0 Å². The van der Waals surface area contributed by atoms with Crippen LogP contribution in [0.1, 0.15) is 71.6 Å². The van der Waals surface area contributed by atoms with Crippen LogP contribution >= 0.6 is 0 Å². The van der Waals surface area contributed by atoms with E-state index >= 15 is 0 Å². The van der Waals surface area contributed by atoms with Gasteiger partial charge < -0.3 is 20.2 Å². The molecule has 1 unspecified atom stereocenters. The Morgan fingerprint density at radius 2 is 1.55 bits per heavy atom. The fraction of sp³-hybridized carbons (Fsp3) is 0.652. The predicted molar refractivity (Wildman–Crippen MR) is 124 cm³/mol. The lowest BCUT2D eigenvalue weighted by molar-refractivity contribution is -0.137. The molecule has 2 amide bonds. The largest absolute Gasteiger partial charge is 0.444 e. The van der Waals surface area contributed by atoms with Crippen LogP contribution in [-0.2, 0) is 20.1 Å². The lowest BCUT2D eigenvalue weighted by atomic mass is 9.97. The summed E-state index contributed by atoms with van der Waals surface area (Å²) >= 11 is 0. The van der Waals surface area contributed by atoms with Crippen molar-refractivity contribution in [2.45, 2.75) is 96.4 Å². The quantitative estimate of drug-likeness (QED) is 0.442. The zero-order chi connectivity index (χ0) is 25.8. The fourth-order valence-corrected chi connectivity index (χ4v) is 4.08. The van der Waals surface area contributed by atoms with E-state index in [2.05, 4.69) is 5.32 Å². The highest BCUT2D eigenvalue weighted by Crippen LogP contribution is 2.41. The molecule has 10 heteroatoms. The molecule has 0 aliphatic carbocycles. The molecule has 3 N–H and O–H groups in total. The first-order valence-electron chi connectivity index (χ1n) is 10.9. The molecule has 0 spiro atoms. The number of hydrogen-bond donors (Lipinski definition) is 2. The average Bonchev–Trinajstić information content (AvgIpc) is 2.60. The maximum atomic E-state index is 13.1. The first kappa shape index (κ1) is 29.0. The van der Waals surface area contributed by atoms with Crippen molar-refractivity contribution < 1.29 is 31.9 Å². The summed E-state index contributed by atoms with van der Waals surface area (Å²) in [5, 5.41) is 2.54. The topological polar surface area (TPSA) is 90.6 Å². The third-order valence-corrected chi connectivity index (χ3v) is 10.0. The molecule has 6 nitrogen and oxygen atoms in total. The van der Waals surface area contributed by atoms with Gasteiger partial charge in [-0.05, 0) is 63.0 Å². The summed E-state index contributed by atoms with van der Waals surface area (Å²) in [5.41, 5.74) is 4.25. The molecule has 0 heterocycles. The lowest BCUT2D eigenvalue weighted by Gasteiger charge is -2.42. The van der Waals surface area contributed by atoms with Crippen molar-refractivity contribution in [2.24, 2.45) is 5.73 Å². The lowest BCUT2D eigenvalue weighted by Crippen LogP contribution is -2.49. The third kappa shape index (κ3) is 9.36. The first-order valence-corrected chi connectivity index (χ1v) is 13.8. The summed E-state index contributed by atoms with van der Waals surface area (Å²) in [6.45, 7) is 15.2. The molecule has 1 rings (SSSR count). The Hall–Kier alpha value is -2.07. The molecular weight excluding hydrogens is 453 g/mol. The molecule has 0 bridgehead atoms. The van der Waals surface area contributed by atoms with Crippen molar-refractivity contribution in [3.63, 3.8) is 0 Å². The smallest absolute Gasteiger partial charge is 0.416 e. The number of nitrogens with two attached hydrogens (primary N) is 1. The summed E-state index contributed by atoms with van der Waals surface area (Å²) in [6, 6.07) is 3.90. The van der Waals surface area contributed by atoms with Gasteiger partial charge >= 0.3 is 12.3 Å². The Balaban J connectivity index is 3.44. The van der Waals surface area contributed by atoms with Crippen molar-refractivity contribution >= 4 is 20.3 Å². The number of hydrogen-bond acceptors (Lipinski definition) is 4. The maximum absolute atomic E-state index is 13.1. The Morgan fingerprint density at radius 1 is 1.03 bits per heavy atom. The van der Waals surface area contributed by atoms with Crippen LogP contribution in [-0.4, -0.2) is 32.0 Å². The Labute approximate surface area is 195 Å². The zero-order valence-electron chi connectivity index (χ0n) is 20.7. The number of ether oxygens (including phenoxy) is 1. The minimum absolute atomic E-state index is 0.0432. The number of nitrogens with one attached hydrogen (secondary N) is 1. The molecule has 2 atom stereocenters. The number of benzene rings is 1. The first-order chi connectivity index (χ1) is 14.7. The van der Waals surface area contributed by atoms with Gasteiger partial charge in [-0.1, -0.05) is 32.9 Å². The molecule has 0 fully saturated rings. The van der Waals surface area contributed by atoms with Crippen LogP contribution < -0.4 is 11.1 Å². The van der Waals surface area contributed by atoms with Gasteiger partial charge in [0.2, 0.25) is 5.91 Å². The molecule has 33 heavy (non-hydrogen) atoms. The number of rotatable bonds is 8. The van der Waals surface area contributed by atoms with Crippen LogP contribution in [0.3, 0.4) is 0 Å². The Bertz CT molecular complexity index is 813. The van der Waals surface area contributed by atoms with E-state index in [-0.39, 0.29) is 17.9 Å². The number of primary amides is 1. The van der Waals surface area contributed by atoms with Gasteiger partial charge in [0.15, 0.2) is 8.32 Å². The molecule has 1 aromatic carbocycles. The summed E-state index contributed by atoms with van der Waals surface area (Å²) in [7, 11) is -2.45. The van der Waals surface area contributed by atoms with E-state index in [0.29, 0.717) is 5.56 Å². The monoisotopic (exact) mass is 490 g/mol. The van der Waals surface area contributed by atoms with E-state index < -0.39 is 49.8 Å². The molecule has 0 aliphatic rings. The second kappa shape index (κ2) is 10.5. The van der Waals surface area contributed by atoms with Crippen LogP contribution in [0.4, 0.5) is 18.0 Å². The molecule has 0 saturated heterocycles. The minimum atomic E-state index is -4.48. The molecule has 0 aromatic heterocycles. The second-order valence-corrected chi connectivity index (χ2v) is 15.4. The maximum Gasteiger partial charge on any atom is 0.416 e. The summed E-state index contributed by atoms with van der Waals surface area (Å²) in [5.74, 6) is -0.565. The van der Waals surface area contributed by atoms with Gasteiger partial charge in [0, 0.05) is 6.42 Å². The second-order valence-electron chi connectivity index (χ2n) is 10.7. The number of alkyl halides is 3. The van der Waals surface area contributed by atoms with Gasteiger partial charge in [-0.2, -0.15) is 13.2 Å². The van der Waals surface area contributed by atoms with Crippen LogP contribution in [0.15, 0.2) is 24.3 Å². The summed E-state index contributed by atoms with van der Waals surface area (Å²) in [4.78, 5) is 24.1. The van der Waals surface area contributed by atoms with E-state index in [4.69, 9.17) is 14.9 Å². The van der Waals surface area contributed by atoms with E-state index in [1.807, 2.05) is 33.9 Å². The van der Waals surface area contributed by atoms with Gasteiger partial charge in [0.1, 0.15) is 5.60 Å². The third-order valence-electron chi connectivity index (χ3n) is 5.56. The number of alkyl carbamates (subject to hydrolysis) is 1. The summed E-state index contributed by atoms with van der Waals surface area (Å²) in [6.07, 6.45) is -5.91. The summed E-state index contributed by atoms with van der Waals surface area (Å²) < 4.78 is 51.2. The van der Waals surface area contributed by atoms with Gasteiger partial charge in [0.05, 0.1) is 17.7 Å². The highest BCUT2D eigenvalue weighted by Gasteiger charge is 2.42. The van der Waals surface area contributed by atoms with Gasteiger partial charge in [0.25, 0.3) is 0 Å². The van der Waals surface area contributed by atoms with Crippen molar-refractivity contribution in [3.8, 4) is 0 Å². The van der Waals surface area contributed by atoms with Crippen LogP contribution in [0, 0.1) is 0 Å². The fourth-order valence-electron chi connectivity index (χ4n) is 2.79. The van der Waals surface area contributed by atoms with Crippen LogP contribution in [0.5, 0.6) is 0 Å². The van der Waals surface area contributed by atoms with Gasteiger partial charge in [-0.3, -0.25) is 4.79 Å². The van der Waals surface area contributed by atoms with Crippen molar-refractivity contribution in [2.75, 3.05) is 0 Å². The van der Waals surface area contributed by atoms with E-state index in [0.717, 1.165) is 12.1 Å².